The first-order valence-electron chi connectivity index (χ1n) is 6.71. The van der Waals surface area contributed by atoms with Gasteiger partial charge in [-0.15, -0.1) is 0 Å². The number of hydrogen-bond donors (Lipinski definition) is 0. The Bertz CT molecular complexity index is 449. The van der Waals surface area contributed by atoms with Crippen LogP contribution in [0, 0.1) is 5.41 Å². The molecule has 2 atom stereocenters. The van der Waals surface area contributed by atoms with Crippen LogP contribution in [0.2, 0.25) is 0 Å². The minimum absolute atomic E-state index is 0.0804. The Labute approximate surface area is 120 Å². The highest BCUT2D eigenvalue weighted by Gasteiger charge is 2.60. The standard InChI is InChI=1S/C13H18F3NO4/c1-4-6-10(19)21-9-7-8(18)17(9)11(20)12(3,5-2)13(14,15)16/h9H,4-7H2,1-3H3. The van der Waals surface area contributed by atoms with Crippen LogP contribution < -0.4 is 0 Å². The Morgan fingerprint density at radius 2 is 1.90 bits per heavy atom. The van der Waals surface area contributed by atoms with Gasteiger partial charge in [0, 0.05) is 6.42 Å². The fourth-order valence-electron chi connectivity index (χ4n) is 1.88. The largest absolute Gasteiger partial charge is 0.440 e. The Balaban J connectivity index is 2.89. The van der Waals surface area contributed by atoms with Crippen LogP contribution in [-0.4, -0.2) is 35.1 Å². The number of amides is 2. The number of carbonyl (C=O) groups is 3. The molecule has 0 saturated carbocycles. The van der Waals surface area contributed by atoms with E-state index >= 15 is 0 Å². The summed E-state index contributed by atoms with van der Waals surface area (Å²) in [4.78, 5) is 35.3. The molecule has 0 aliphatic carbocycles. The molecule has 0 bridgehead atoms. The summed E-state index contributed by atoms with van der Waals surface area (Å²) < 4.78 is 44.0. The van der Waals surface area contributed by atoms with Gasteiger partial charge in [-0.2, -0.15) is 13.2 Å². The molecular formula is C13H18F3NO4. The molecule has 0 aromatic heterocycles. The number of hydrogen-bond acceptors (Lipinski definition) is 4. The molecule has 2 unspecified atom stereocenters. The number of alkyl halides is 3. The van der Waals surface area contributed by atoms with Crippen molar-refractivity contribution in [1.82, 2.24) is 4.90 Å². The third-order valence-corrected chi connectivity index (χ3v) is 3.65. The Morgan fingerprint density at radius 3 is 2.29 bits per heavy atom. The number of esters is 1. The van der Waals surface area contributed by atoms with Crippen LogP contribution in [0.5, 0.6) is 0 Å². The molecule has 0 aromatic rings. The lowest BCUT2D eigenvalue weighted by molar-refractivity contribution is -0.232. The van der Waals surface area contributed by atoms with Gasteiger partial charge in [0.1, 0.15) is 5.41 Å². The molecular weight excluding hydrogens is 291 g/mol. The topological polar surface area (TPSA) is 63.7 Å². The van der Waals surface area contributed by atoms with Crippen LogP contribution in [-0.2, 0) is 19.1 Å². The van der Waals surface area contributed by atoms with Crippen molar-refractivity contribution in [1.29, 1.82) is 0 Å². The highest BCUT2D eigenvalue weighted by atomic mass is 19.4. The van der Waals surface area contributed by atoms with Gasteiger partial charge in [-0.25, -0.2) is 4.90 Å². The van der Waals surface area contributed by atoms with Crippen molar-refractivity contribution in [2.45, 2.75) is 58.9 Å². The molecule has 120 valence electrons. The fourth-order valence-corrected chi connectivity index (χ4v) is 1.88. The third-order valence-electron chi connectivity index (χ3n) is 3.65. The fraction of sp³-hybridized carbons (Fsp3) is 0.769. The molecule has 1 saturated heterocycles. The second kappa shape index (κ2) is 6.03. The van der Waals surface area contributed by atoms with Gasteiger partial charge in [0.05, 0.1) is 6.42 Å². The zero-order chi connectivity index (χ0) is 16.4. The van der Waals surface area contributed by atoms with Gasteiger partial charge in [0.25, 0.3) is 0 Å². The molecule has 0 radical (unpaired) electrons. The van der Waals surface area contributed by atoms with Crippen LogP contribution in [0.15, 0.2) is 0 Å². The second-order valence-corrected chi connectivity index (χ2v) is 5.15. The SMILES string of the molecule is CCCC(=O)OC1CC(=O)N1C(=O)C(C)(CC)C(F)(F)F. The van der Waals surface area contributed by atoms with Gasteiger partial charge in [-0.05, 0) is 19.8 Å². The smallest absolute Gasteiger partial charge is 0.402 e. The van der Waals surface area contributed by atoms with E-state index < -0.39 is 42.0 Å². The maximum Gasteiger partial charge on any atom is 0.402 e. The van der Waals surface area contributed by atoms with Crippen LogP contribution >= 0.6 is 0 Å². The average Bonchev–Trinajstić information content (AvgIpc) is 2.35. The van der Waals surface area contributed by atoms with E-state index in [1.54, 1.807) is 6.92 Å². The first-order chi connectivity index (χ1) is 9.58. The van der Waals surface area contributed by atoms with Gasteiger partial charge in [-0.1, -0.05) is 13.8 Å². The van der Waals surface area contributed by atoms with E-state index in [9.17, 15) is 27.6 Å². The second-order valence-electron chi connectivity index (χ2n) is 5.15. The van der Waals surface area contributed by atoms with E-state index in [-0.39, 0.29) is 12.8 Å². The maximum absolute atomic E-state index is 13.0. The van der Waals surface area contributed by atoms with Gasteiger partial charge in [-0.3, -0.25) is 14.4 Å². The molecule has 2 amide bonds. The molecule has 0 aromatic carbocycles. The van der Waals surface area contributed by atoms with Gasteiger partial charge in [0.2, 0.25) is 11.8 Å². The van der Waals surface area contributed by atoms with Crippen molar-refractivity contribution in [3.05, 3.63) is 0 Å². The molecule has 0 N–H and O–H groups in total. The summed E-state index contributed by atoms with van der Waals surface area (Å²) in [6.45, 7) is 3.69. The van der Waals surface area contributed by atoms with Crippen molar-refractivity contribution in [2.75, 3.05) is 0 Å². The molecule has 21 heavy (non-hydrogen) atoms. The van der Waals surface area contributed by atoms with E-state index in [2.05, 4.69) is 0 Å². The van der Waals surface area contributed by atoms with Crippen molar-refractivity contribution in [3.63, 3.8) is 0 Å². The number of carbonyl (C=O) groups excluding carboxylic acids is 3. The molecule has 5 nitrogen and oxygen atoms in total. The van der Waals surface area contributed by atoms with Crippen LogP contribution in [0.3, 0.4) is 0 Å². The molecule has 1 aliphatic heterocycles. The predicted octanol–water partition coefficient (Wildman–Crippen LogP) is 2.39. The quantitative estimate of drug-likeness (QED) is 0.578. The summed E-state index contributed by atoms with van der Waals surface area (Å²) in [6, 6.07) is 0. The van der Waals surface area contributed by atoms with Gasteiger partial charge >= 0.3 is 12.1 Å². The Hall–Kier alpha value is -1.60. The number of halogens is 3. The summed E-state index contributed by atoms with van der Waals surface area (Å²) in [5.74, 6) is -2.78. The summed E-state index contributed by atoms with van der Waals surface area (Å²) >= 11 is 0. The van der Waals surface area contributed by atoms with E-state index in [0.717, 1.165) is 6.92 Å². The highest BCUT2D eigenvalue weighted by molar-refractivity contribution is 6.02. The number of ether oxygens (including phenoxy) is 1. The average molecular weight is 309 g/mol. The lowest BCUT2D eigenvalue weighted by atomic mass is 9.84. The maximum atomic E-state index is 13.0. The number of rotatable bonds is 5. The van der Waals surface area contributed by atoms with Crippen LogP contribution in [0.1, 0.15) is 46.5 Å². The first kappa shape index (κ1) is 17.5. The van der Waals surface area contributed by atoms with Crippen LogP contribution in [0.4, 0.5) is 13.2 Å². The molecule has 1 heterocycles. The highest BCUT2D eigenvalue weighted by Crippen LogP contribution is 2.44. The lowest BCUT2D eigenvalue weighted by Crippen LogP contribution is -2.63. The number of likely N-dealkylation sites (tertiary alicyclic amines) is 1. The molecule has 1 aliphatic rings. The van der Waals surface area contributed by atoms with Gasteiger partial charge in [0.15, 0.2) is 6.23 Å². The molecule has 8 heteroatoms. The molecule has 1 rings (SSSR count). The minimum Gasteiger partial charge on any atom is -0.440 e. The Kier molecular flexibility index (Phi) is 5.01. The van der Waals surface area contributed by atoms with Crippen molar-refractivity contribution >= 4 is 17.8 Å². The first-order valence-corrected chi connectivity index (χ1v) is 6.71. The van der Waals surface area contributed by atoms with E-state index in [0.29, 0.717) is 11.3 Å². The summed E-state index contributed by atoms with van der Waals surface area (Å²) in [6.07, 6.45) is -6.20. The summed E-state index contributed by atoms with van der Waals surface area (Å²) in [7, 11) is 0. The van der Waals surface area contributed by atoms with Crippen molar-refractivity contribution < 1.29 is 32.3 Å². The lowest BCUT2D eigenvalue weighted by Gasteiger charge is -2.42. The van der Waals surface area contributed by atoms with Crippen LogP contribution in [0.25, 0.3) is 0 Å². The minimum atomic E-state index is -4.79. The molecule has 0 spiro atoms. The number of β-lactam (4-membered cyclic amide) rings is 1. The van der Waals surface area contributed by atoms with Crippen molar-refractivity contribution in [3.8, 4) is 0 Å². The molecule has 1 fully saturated rings. The number of nitrogens with zero attached hydrogens (tertiary/aromatic N) is 1. The number of imide groups is 1. The third kappa shape index (κ3) is 3.19. The summed E-state index contributed by atoms with van der Waals surface area (Å²) in [5.41, 5.74) is -2.67. The van der Waals surface area contributed by atoms with E-state index in [4.69, 9.17) is 4.74 Å². The van der Waals surface area contributed by atoms with Gasteiger partial charge < -0.3 is 4.74 Å². The van der Waals surface area contributed by atoms with E-state index in [1.165, 1.54) is 6.92 Å². The van der Waals surface area contributed by atoms with Crippen molar-refractivity contribution in [2.24, 2.45) is 5.41 Å². The zero-order valence-electron chi connectivity index (χ0n) is 12.1. The summed E-state index contributed by atoms with van der Waals surface area (Å²) in [5, 5.41) is 0. The Morgan fingerprint density at radius 1 is 1.33 bits per heavy atom. The zero-order valence-corrected chi connectivity index (χ0v) is 12.1. The van der Waals surface area contributed by atoms with E-state index in [1.807, 2.05) is 0 Å². The predicted molar refractivity (Wildman–Crippen MR) is 65.7 cm³/mol. The monoisotopic (exact) mass is 309 g/mol. The normalized spacial score (nSPS) is 21.5.